The highest BCUT2D eigenvalue weighted by atomic mass is 35.5. The highest BCUT2D eigenvalue weighted by molar-refractivity contribution is 6.30. The number of aromatic nitrogens is 3. The lowest BCUT2D eigenvalue weighted by molar-refractivity contribution is -0.132. The van der Waals surface area contributed by atoms with Gasteiger partial charge in [0.1, 0.15) is 6.54 Å². The van der Waals surface area contributed by atoms with Crippen LogP contribution in [-0.2, 0) is 11.3 Å². The van der Waals surface area contributed by atoms with E-state index in [1.165, 1.54) is 0 Å². The molecule has 3 aromatic rings. The summed E-state index contributed by atoms with van der Waals surface area (Å²) in [5, 5.41) is 3.95. The van der Waals surface area contributed by atoms with Crippen molar-refractivity contribution >= 4 is 17.5 Å². The molecule has 1 aliphatic rings. The first kappa shape index (κ1) is 17.7. The van der Waals surface area contributed by atoms with Gasteiger partial charge in [-0.3, -0.25) is 9.78 Å². The van der Waals surface area contributed by atoms with E-state index >= 15 is 0 Å². The lowest BCUT2D eigenvalue weighted by atomic mass is 10.1. The van der Waals surface area contributed by atoms with Gasteiger partial charge in [-0.15, -0.1) is 0 Å². The zero-order valence-electron chi connectivity index (χ0n) is 14.8. The number of pyridine rings is 1. The fourth-order valence-corrected chi connectivity index (χ4v) is 3.42. The molecule has 7 heteroatoms. The van der Waals surface area contributed by atoms with Gasteiger partial charge in [0.25, 0.3) is 0 Å². The smallest absolute Gasteiger partial charge is 0.242 e. The summed E-state index contributed by atoms with van der Waals surface area (Å²) in [6.45, 7) is 3.41. The number of halogens is 1. The number of benzene rings is 1. The van der Waals surface area contributed by atoms with Crippen LogP contribution in [0.2, 0.25) is 5.02 Å². The summed E-state index contributed by atoms with van der Waals surface area (Å²) >= 11 is 6.03. The Labute approximate surface area is 162 Å². The van der Waals surface area contributed by atoms with Crippen molar-refractivity contribution in [2.45, 2.75) is 6.54 Å². The minimum atomic E-state index is 0.104. The number of hydrogen-bond acceptors (Lipinski definition) is 4. The molecular formula is C20H20ClN5O. The first-order valence-electron chi connectivity index (χ1n) is 8.92. The molecule has 0 atom stereocenters. The third-order valence-electron chi connectivity index (χ3n) is 4.68. The third-order valence-corrected chi connectivity index (χ3v) is 4.94. The van der Waals surface area contributed by atoms with Crippen LogP contribution in [0.25, 0.3) is 22.5 Å². The first-order chi connectivity index (χ1) is 13.2. The van der Waals surface area contributed by atoms with Gasteiger partial charge in [-0.2, -0.15) is 0 Å². The molecule has 1 aliphatic heterocycles. The summed E-state index contributed by atoms with van der Waals surface area (Å²) in [5.74, 6) is 0.104. The van der Waals surface area contributed by atoms with E-state index in [0.29, 0.717) is 5.02 Å². The third kappa shape index (κ3) is 3.86. The van der Waals surface area contributed by atoms with Crippen molar-refractivity contribution in [2.24, 2.45) is 0 Å². The molecule has 6 nitrogen and oxygen atoms in total. The van der Waals surface area contributed by atoms with Crippen molar-refractivity contribution in [3.63, 3.8) is 0 Å². The monoisotopic (exact) mass is 381 g/mol. The Morgan fingerprint density at radius 2 is 1.74 bits per heavy atom. The fraction of sp³-hybridized carbons (Fsp3) is 0.250. The minimum Gasteiger partial charge on any atom is -0.339 e. The second-order valence-electron chi connectivity index (χ2n) is 6.44. The number of piperazine rings is 1. The second kappa shape index (κ2) is 7.90. The average Bonchev–Trinajstić information content (AvgIpc) is 3.13. The maximum atomic E-state index is 12.8. The van der Waals surface area contributed by atoms with Crippen molar-refractivity contribution in [1.29, 1.82) is 0 Å². The quantitative estimate of drug-likeness (QED) is 0.754. The standard InChI is InChI=1S/C20H20ClN5O/c21-17-3-1-15(2-4-17)19-20(16-5-7-22-8-6-16)26(14-24-19)13-18(27)25-11-9-23-10-12-25/h1-8,14,23H,9-13H2. The van der Waals surface area contributed by atoms with E-state index in [1.54, 1.807) is 18.7 Å². The molecule has 138 valence electrons. The Hall–Kier alpha value is -2.70. The number of nitrogens with zero attached hydrogens (tertiary/aromatic N) is 4. The highest BCUT2D eigenvalue weighted by Crippen LogP contribution is 2.31. The predicted molar refractivity (Wildman–Crippen MR) is 105 cm³/mol. The van der Waals surface area contributed by atoms with Crippen molar-refractivity contribution in [3.05, 3.63) is 60.1 Å². The van der Waals surface area contributed by atoms with Gasteiger partial charge in [0.15, 0.2) is 0 Å². The Morgan fingerprint density at radius 1 is 1.04 bits per heavy atom. The molecule has 0 radical (unpaired) electrons. The topological polar surface area (TPSA) is 63.1 Å². The molecule has 2 aromatic heterocycles. The van der Waals surface area contributed by atoms with Crippen LogP contribution in [0.5, 0.6) is 0 Å². The number of rotatable bonds is 4. The van der Waals surface area contributed by atoms with Gasteiger partial charge in [0.05, 0.1) is 17.7 Å². The number of imidazole rings is 1. The molecule has 4 rings (SSSR count). The molecule has 1 amide bonds. The molecule has 0 spiro atoms. The van der Waals surface area contributed by atoms with E-state index in [4.69, 9.17) is 11.6 Å². The van der Waals surface area contributed by atoms with Gasteiger partial charge in [-0.1, -0.05) is 23.7 Å². The molecule has 0 aliphatic carbocycles. The van der Waals surface area contributed by atoms with Crippen LogP contribution in [0.4, 0.5) is 0 Å². The van der Waals surface area contributed by atoms with E-state index in [2.05, 4.69) is 15.3 Å². The van der Waals surface area contributed by atoms with Crippen molar-refractivity contribution < 1.29 is 4.79 Å². The van der Waals surface area contributed by atoms with E-state index in [0.717, 1.165) is 48.7 Å². The van der Waals surface area contributed by atoms with E-state index in [1.807, 2.05) is 45.9 Å². The van der Waals surface area contributed by atoms with Crippen LogP contribution in [0, 0.1) is 0 Å². The first-order valence-corrected chi connectivity index (χ1v) is 9.30. The summed E-state index contributed by atoms with van der Waals surface area (Å²) in [4.78, 5) is 23.4. The molecule has 3 heterocycles. The van der Waals surface area contributed by atoms with Crippen LogP contribution in [0.1, 0.15) is 0 Å². The molecule has 1 aromatic carbocycles. The summed E-state index contributed by atoms with van der Waals surface area (Å²) in [5.41, 5.74) is 3.66. The number of carbonyl (C=O) groups excluding carboxylic acids is 1. The zero-order chi connectivity index (χ0) is 18.6. The van der Waals surface area contributed by atoms with Crippen LogP contribution in [0.15, 0.2) is 55.1 Å². The molecule has 1 fully saturated rings. The van der Waals surface area contributed by atoms with Gasteiger partial charge in [-0.25, -0.2) is 4.98 Å². The summed E-state index contributed by atoms with van der Waals surface area (Å²) in [7, 11) is 0. The van der Waals surface area contributed by atoms with Crippen molar-refractivity contribution in [1.82, 2.24) is 24.8 Å². The zero-order valence-corrected chi connectivity index (χ0v) is 15.6. The Balaban J connectivity index is 1.71. The lowest BCUT2D eigenvalue weighted by Gasteiger charge is -2.27. The second-order valence-corrected chi connectivity index (χ2v) is 6.88. The van der Waals surface area contributed by atoms with Crippen molar-refractivity contribution in [2.75, 3.05) is 26.2 Å². The van der Waals surface area contributed by atoms with Gasteiger partial charge in [0.2, 0.25) is 5.91 Å². The number of amides is 1. The molecule has 1 saturated heterocycles. The Bertz CT molecular complexity index is 917. The summed E-state index contributed by atoms with van der Waals surface area (Å²) in [6, 6.07) is 11.4. The van der Waals surface area contributed by atoms with Crippen molar-refractivity contribution in [3.8, 4) is 22.5 Å². The molecule has 0 unspecified atom stereocenters. The largest absolute Gasteiger partial charge is 0.339 e. The summed E-state index contributed by atoms with van der Waals surface area (Å²) < 4.78 is 1.92. The Kier molecular flexibility index (Phi) is 5.18. The molecular weight excluding hydrogens is 362 g/mol. The molecule has 0 bridgehead atoms. The summed E-state index contributed by atoms with van der Waals surface area (Å²) in [6.07, 6.45) is 5.23. The number of hydrogen-bond donors (Lipinski definition) is 1. The van der Waals surface area contributed by atoms with Crippen LogP contribution >= 0.6 is 11.6 Å². The maximum Gasteiger partial charge on any atom is 0.242 e. The SMILES string of the molecule is O=C(Cn1cnc(-c2ccc(Cl)cc2)c1-c1ccncc1)N1CCNCC1. The highest BCUT2D eigenvalue weighted by Gasteiger charge is 2.20. The fourth-order valence-electron chi connectivity index (χ4n) is 3.29. The van der Waals surface area contributed by atoms with Crippen LogP contribution in [0.3, 0.4) is 0 Å². The number of nitrogens with one attached hydrogen (secondary N) is 1. The maximum absolute atomic E-state index is 12.8. The normalized spacial score (nSPS) is 14.3. The minimum absolute atomic E-state index is 0.104. The van der Waals surface area contributed by atoms with Crippen LogP contribution < -0.4 is 5.32 Å². The van der Waals surface area contributed by atoms with Gasteiger partial charge in [-0.05, 0) is 24.3 Å². The van der Waals surface area contributed by atoms with Gasteiger partial charge >= 0.3 is 0 Å². The van der Waals surface area contributed by atoms with Crippen LogP contribution in [-0.4, -0.2) is 51.5 Å². The van der Waals surface area contributed by atoms with E-state index in [9.17, 15) is 4.79 Å². The number of carbonyl (C=O) groups is 1. The van der Waals surface area contributed by atoms with E-state index < -0.39 is 0 Å². The van der Waals surface area contributed by atoms with E-state index in [-0.39, 0.29) is 12.5 Å². The molecule has 1 N–H and O–H groups in total. The molecule has 27 heavy (non-hydrogen) atoms. The Morgan fingerprint density at radius 3 is 2.44 bits per heavy atom. The lowest BCUT2D eigenvalue weighted by Crippen LogP contribution is -2.47. The average molecular weight is 382 g/mol. The predicted octanol–water partition coefficient (Wildman–Crippen LogP) is 2.70. The molecule has 0 saturated carbocycles. The van der Waals surface area contributed by atoms with Gasteiger partial charge < -0.3 is 14.8 Å². The van der Waals surface area contributed by atoms with Gasteiger partial charge in [0, 0.05) is 54.7 Å².